The first-order valence-electron chi connectivity index (χ1n) is 8.99. The van der Waals surface area contributed by atoms with Crippen molar-refractivity contribution < 1.29 is 8.42 Å². The predicted octanol–water partition coefficient (Wildman–Crippen LogP) is 4.47. The van der Waals surface area contributed by atoms with Crippen molar-refractivity contribution in [3.63, 3.8) is 0 Å². The molecule has 0 amide bonds. The summed E-state index contributed by atoms with van der Waals surface area (Å²) in [4.78, 5) is 0. The van der Waals surface area contributed by atoms with Crippen LogP contribution in [0.5, 0.6) is 0 Å². The Morgan fingerprint density at radius 2 is 1.85 bits per heavy atom. The van der Waals surface area contributed by atoms with Gasteiger partial charge in [0.25, 0.3) is 0 Å². The molecule has 1 saturated carbocycles. The van der Waals surface area contributed by atoms with E-state index in [1.54, 1.807) is 20.8 Å². The Morgan fingerprint density at radius 3 is 2.46 bits per heavy atom. The van der Waals surface area contributed by atoms with E-state index in [2.05, 4.69) is 21.0 Å². The molecular formula is C19H26ClN3O2S. The molecule has 1 aliphatic rings. The number of aromatic amines is 1. The van der Waals surface area contributed by atoms with Crippen LogP contribution in [0.25, 0.3) is 11.3 Å². The minimum Gasteiger partial charge on any atom is -0.282 e. The lowest BCUT2D eigenvalue weighted by Crippen LogP contribution is -2.45. The van der Waals surface area contributed by atoms with Gasteiger partial charge >= 0.3 is 0 Å². The number of hydrogen-bond donors (Lipinski definition) is 2. The number of sulfonamides is 1. The molecule has 1 aliphatic carbocycles. The predicted molar refractivity (Wildman–Crippen MR) is 106 cm³/mol. The van der Waals surface area contributed by atoms with Gasteiger partial charge in [-0.2, -0.15) is 5.10 Å². The summed E-state index contributed by atoms with van der Waals surface area (Å²) in [5.74, 6) is 0.380. The minimum atomic E-state index is -3.30. The lowest BCUT2D eigenvalue weighted by molar-refractivity contribution is 0.367. The monoisotopic (exact) mass is 395 g/mol. The second kappa shape index (κ2) is 7.33. The van der Waals surface area contributed by atoms with E-state index in [0.29, 0.717) is 10.9 Å². The molecule has 0 atom stereocenters. The molecular weight excluding hydrogens is 370 g/mol. The van der Waals surface area contributed by atoms with Gasteiger partial charge in [0.05, 0.1) is 10.4 Å². The van der Waals surface area contributed by atoms with E-state index < -0.39 is 14.8 Å². The smallest absolute Gasteiger partial charge is 0.216 e. The summed E-state index contributed by atoms with van der Waals surface area (Å²) in [5.41, 5.74) is 2.99. The molecule has 142 valence electrons. The van der Waals surface area contributed by atoms with Crippen LogP contribution >= 0.6 is 11.6 Å². The van der Waals surface area contributed by atoms with Gasteiger partial charge in [-0.15, -0.1) is 0 Å². The molecule has 0 unspecified atom stereocenters. The fourth-order valence-electron chi connectivity index (χ4n) is 3.26. The molecule has 3 rings (SSSR count). The number of halogens is 1. The van der Waals surface area contributed by atoms with Crippen molar-refractivity contribution in [1.82, 2.24) is 14.9 Å². The molecule has 26 heavy (non-hydrogen) atoms. The zero-order chi connectivity index (χ0) is 18.9. The summed E-state index contributed by atoms with van der Waals surface area (Å²) in [6.07, 6.45) is 3.56. The van der Waals surface area contributed by atoms with Gasteiger partial charge < -0.3 is 0 Å². The Hall–Kier alpha value is -1.37. The highest BCUT2D eigenvalue weighted by atomic mass is 35.5. The van der Waals surface area contributed by atoms with Crippen LogP contribution in [0.2, 0.25) is 5.02 Å². The van der Waals surface area contributed by atoms with Crippen molar-refractivity contribution in [2.45, 2.75) is 63.2 Å². The van der Waals surface area contributed by atoms with E-state index in [1.165, 1.54) is 0 Å². The molecule has 1 fully saturated rings. The van der Waals surface area contributed by atoms with Crippen molar-refractivity contribution >= 4 is 21.6 Å². The highest BCUT2D eigenvalue weighted by Gasteiger charge is 2.33. The molecule has 1 aromatic carbocycles. The second-order valence-electron chi connectivity index (χ2n) is 8.00. The van der Waals surface area contributed by atoms with E-state index in [-0.39, 0.29) is 6.04 Å². The van der Waals surface area contributed by atoms with E-state index in [0.717, 1.165) is 42.6 Å². The van der Waals surface area contributed by atoms with E-state index in [9.17, 15) is 8.42 Å². The van der Waals surface area contributed by atoms with Crippen LogP contribution in [0, 0.1) is 0 Å². The summed E-state index contributed by atoms with van der Waals surface area (Å²) in [7, 11) is -3.30. The third-order valence-corrected chi connectivity index (χ3v) is 7.50. The number of aromatic nitrogens is 2. The van der Waals surface area contributed by atoms with Gasteiger partial charge in [0.15, 0.2) is 0 Å². The molecule has 1 heterocycles. The highest BCUT2D eigenvalue weighted by molar-refractivity contribution is 7.90. The summed E-state index contributed by atoms with van der Waals surface area (Å²) in [6, 6.07) is 9.75. The van der Waals surface area contributed by atoms with Crippen LogP contribution < -0.4 is 4.72 Å². The number of benzene rings is 1. The third-order valence-electron chi connectivity index (χ3n) is 5.01. The quantitative estimate of drug-likeness (QED) is 0.801. The molecule has 2 aromatic rings. The zero-order valence-corrected chi connectivity index (χ0v) is 17.0. The van der Waals surface area contributed by atoms with E-state index in [4.69, 9.17) is 11.6 Å². The standard InChI is InChI=1S/C19H26ClN3O2S/c1-19(2,3)26(24,25)23-16-9-7-13(8-10-16)17-12-18(22-21-17)14-5-4-6-15(20)11-14/h4-6,11-13,16,23H,7-10H2,1-3H3,(H,21,22). The second-order valence-corrected chi connectivity index (χ2v) is 10.9. The number of hydrogen-bond acceptors (Lipinski definition) is 3. The first-order valence-corrected chi connectivity index (χ1v) is 10.8. The summed E-state index contributed by atoms with van der Waals surface area (Å²) in [6.45, 7) is 5.18. The van der Waals surface area contributed by atoms with Gasteiger partial charge in [0.2, 0.25) is 10.0 Å². The Morgan fingerprint density at radius 1 is 1.15 bits per heavy atom. The topological polar surface area (TPSA) is 74.8 Å². The normalized spacial score (nSPS) is 21.7. The van der Waals surface area contributed by atoms with Crippen LogP contribution in [0.4, 0.5) is 0 Å². The molecule has 7 heteroatoms. The number of nitrogens with zero attached hydrogens (tertiary/aromatic N) is 1. The van der Waals surface area contributed by atoms with Crippen LogP contribution in [0.3, 0.4) is 0 Å². The molecule has 0 radical (unpaired) electrons. The summed E-state index contributed by atoms with van der Waals surface area (Å²) < 4.78 is 26.7. The van der Waals surface area contributed by atoms with Gasteiger partial charge in [0, 0.05) is 28.2 Å². The van der Waals surface area contributed by atoms with Crippen LogP contribution in [0.1, 0.15) is 58.1 Å². The van der Waals surface area contributed by atoms with Crippen molar-refractivity contribution in [3.05, 3.63) is 41.0 Å². The van der Waals surface area contributed by atoms with Gasteiger partial charge in [0.1, 0.15) is 0 Å². The van der Waals surface area contributed by atoms with E-state index in [1.807, 2.05) is 24.3 Å². The lowest BCUT2D eigenvalue weighted by atomic mass is 9.84. The molecule has 1 aromatic heterocycles. The van der Waals surface area contributed by atoms with Crippen LogP contribution in [0.15, 0.2) is 30.3 Å². The first-order chi connectivity index (χ1) is 12.2. The molecule has 0 saturated heterocycles. The average molecular weight is 396 g/mol. The number of nitrogens with one attached hydrogen (secondary N) is 2. The SMILES string of the molecule is CC(C)(C)S(=O)(=O)NC1CCC(c2cc(-c3cccc(Cl)c3)n[nH]2)CC1. The fraction of sp³-hybridized carbons (Fsp3) is 0.526. The molecule has 0 bridgehead atoms. The van der Waals surface area contributed by atoms with Crippen LogP contribution in [-0.4, -0.2) is 29.4 Å². The lowest BCUT2D eigenvalue weighted by Gasteiger charge is -2.30. The van der Waals surface area contributed by atoms with Crippen LogP contribution in [-0.2, 0) is 10.0 Å². The van der Waals surface area contributed by atoms with Crippen molar-refractivity contribution in [3.8, 4) is 11.3 Å². The maximum absolute atomic E-state index is 12.3. The van der Waals surface area contributed by atoms with Crippen molar-refractivity contribution in [2.24, 2.45) is 0 Å². The van der Waals surface area contributed by atoms with E-state index >= 15 is 0 Å². The van der Waals surface area contributed by atoms with Gasteiger partial charge in [-0.05, 0) is 64.7 Å². The van der Waals surface area contributed by atoms with Gasteiger partial charge in [-0.1, -0.05) is 23.7 Å². The van der Waals surface area contributed by atoms with Crippen molar-refractivity contribution in [2.75, 3.05) is 0 Å². The summed E-state index contributed by atoms with van der Waals surface area (Å²) in [5, 5.41) is 8.26. The number of rotatable bonds is 4. The Labute approximate surface area is 160 Å². The fourth-order valence-corrected chi connectivity index (χ4v) is 4.48. The maximum Gasteiger partial charge on any atom is 0.216 e. The molecule has 5 nitrogen and oxygen atoms in total. The third kappa shape index (κ3) is 4.30. The van der Waals surface area contributed by atoms with Crippen molar-refractivity contribution in [1.29, 1.82) is 0 Å². The van der Waals surface area contributed by atoms with Gasteiger partial charge in [-0.25, -0.2) is 13.1 Å². The highest BCUT2D eigenvalue weighted by Crippen LogP contribution is 2.34. The molecule has 2 N–H and O–H groups in total. The molecule has 0 spiro atoms. The first kappa shape index (κ1) is 19.4. The molecule has 0 aliphatic heterocycles. The Bertz CT molecular complexity index is 863. The van der Waals surface area contributed by atoms with Gasteiger partial charge in [-0.3, -0.25) is 5.10 Å². The largest absolute Gasteiger partial charge is 0.282 e. The average Bonchev–Trinajstić information content (AvgIpc) is 3.04. The minimum absolute atomic E-state index is 0.0193. The number of H-pyrrole nitrogens is 1. The Balaban J connectivity index is 1.62. The summed E-state index contributed by atoms with van der Waals surface area (Å²) >= 11 is 6.06. The zero-order valence-electron chi connectivity index (χ0n) is 15.4. The maximum atomic E-state index is 12.3. The Kier molecular flexibility index (Phi) is 5.47.